The molecule has 2 N–H and O–H groups in total. The Balaban J connectivity index is 2.09. The molecule has 0 fully saturated rings. The van der Waals surface area contributed by atoms with Gasteiger partial charge in [-0.15, -0.1) is 11.8 Å². The van der Waals surface area contributed by atoms with Gasteiger partial charge in [0.2, 0.25) is 0 Å². The minimum absolute atomic E-state index is 0.598. The summed E-state index contributed by atoms with van der Waals surface area (Å²) in [5.41, 5.74) is 2.80. The van der Waals surface area contributed by atoms with Gasteiger partial charge in [-0.05, 0) is 24.7 Å². The summed E-state index contributed by atoms with van der Waals surface area (Å²) in [6, 6.07) is 6.97. The van der Waals surface area contributed by atoms with E-state index in [-0.39, 0.29) is 0 Å². The zero-order valence-corrected chi connectivity index (χ0v) is 11.6. The van der Waals surface area contributed by atoms with Gasteiger partial charge in [-0.3, -0.25) is 5.10 Å². The lowest BCUT2D eigenvalue weighted by Crippen LogP contribution is -2.10. The fourth-order valence-electron chi connectivity index (χ4n) is 1.77. The molecule has 3 nitrogen and oxygen atoms in total. The summed E-state index contributed by atoms with van der Waals surface area (Å²) >= 11 is 0.785. The second-order valence-electron chi connectivity index (χ2n) is 4.23. The highest BCUT2D eigenvalue weighted by molar-refractivity contribution is 7.99. The molecule has 108 valence electrons. The summed E-state index contributed by atoms with van der Waals surface area (Å²) < 4.78 is 36.4. The molecular weight excluding hydrogens is 287 g/mol. The largest absolute Gasteiger partial charge is 0.398 e. The number of benzene rings is 1. The van der Waals surface area contributed by atoms with Crippen molar-refractivity contribution in [3.05, 3.63) is 36.0 Å². The van der Waals surface area contributed by atoms with Crippen molar-refractivity contribution in [3.8, 4) is 11.3 Å². The molecule has 0 aliphatic carbocycles. The summed E-state index contributed by atoms with van der Waals surface area (Å²) in [6.45, 7) is 0.677. The third-order valence-corrected chi connectivity index (χ3v) is 3.71. The van der Waals surface area contributed by atoms with Gasteiger partial charge in [-0.1, -0.05) is 12.1 Å². The fraction of sp³-hybridized carbons (Fsp3) is 0.308. The van der Waals surface area contributed by atoms with Gasteiger partial charge in [0.1, 0.15) is 0 Å². The van der Waals surface area contributed by atoms with Gasteiger partial charge in [0, 0.05) is 17.0 Å². The number of aromatic nitrogens is 2. The highest BCUT2D eigenvalue weighted by Crippen LogP contribution is 2.29. The third-order valence-electron chi connectivity index (χ3n) is 2.63. The van der Waals surface area contributed by atoms with E-state index < -0.39 is 11.9 Å². The highest BCUT2D eigenvalue weighted by atomic mass is 32.2. The van der Waals surface area contributed by atoms with Gasteiger partial charge in [0.25, 0.3) is 0 Å². The van der Waals surface area contributed by atoms with Crippen LogP contribution in [-0.4, -0.2) is 29.2 Å². The first kappa shape index (κ1) is 14.9. The van der Waals surface area contributed by atoms with Gasteiger partial charge >= 0.3 is 6.18 Å². The van der Waals surface area contributed by atoms with Gasteiger partial charge in [0.15, 0.2) is 0 Å². The molecule has 0 aliphatic heterocycles. The van der Waals surface area contributed by atoms with E-state index in [1.807, 2.05) is 7.05 Å². The monoisotopic (exact) mass is 301 g/mol. The standard InChI is InChI=1S/C13H14F3N3S/c1-17-6-10-7-18-19-12(10)9-2-4-11(5-3-9)20-8-13(14,15)16/h2-5,7,17H,6,8H2,1H3,(H,18,19). The molecule has 0 atom stereocenters. The van der Waals surface area contributed by atoms with Crippen LogP contribution in [0.3, 0.4) is 0 Å². The van der Waals surface area contributed by atoms with Crippen LogP contribution in [-0.2, 0) is 6.54 Å². The molecule has 0 radical (unpaired) electrons. The average Bonchev–Trinajstić information content (AvgIpc) is 2.85. The number of thioether (sulfide) groups is 1. The van der Waals surface area contributed by atoms with Crippen LogP contribution in [0.1, 0.15) is 5.56 Å². The first-order chi connectivity index (χ1) is 9.49. The van der Waals surface area contributed by atoms with E-state index in [0.29, 0.717) is 11.4 Å². The lowest BCUT2D eigenvalue weighted by molar-refractivity contribution is -0.105. The first-order valence-electron chi connectivity index (χ1n) is 5.96. The summed E-state index contributed by atoms with van der Waals surface area (Å²) in [6.07, 6.45) is -2.41. The molecule has 0 saturated heterocycles. The molecule has 0 saturated carbocycles. The molecule has 1 heterocycles. The molecule has 0 amide bonds. The minimum Gasteiger partial charge on any atom is -0.316 e. The van der Waals surface area contributed by atoms with Crippen LogP contribution in [0.15, 0.2) is 35.4 Å². The summed E-state index contributed by atoms with van der Waals surface area (Å²) in [5, 5.41) is 9.93. The summed E-state index contributed by atoms with van der Waals surface area (Å²) in [7, 11) is 1.84. The Labute approximate surface area is 119 Å². The molecule has 1 aromatic carbocycles. The van der Waals surface area contributed by atoms with E-state index in [4.69, 9.17) is 0 Å². The number of alkyl halides is 3. The number of hydrogen-bond acceptors (Lipinski definition) is 3. The Bertz CT molecular complexity index is 549. The molecule has 0 spiro atoms. The van der Waals surface area contributed by atoms with E-state index in [0.717, 1.165) is 28.6 Å². The van der Waals surface area contributed by atoms with Crippen LogP contribution in [0.4, 0.5) is 13.2 Å². The number of rotatable bonds is 5. The molecular formula is C13H14F3N3S. The second kappa shape index (κ2) is 6.32. The normalized spacial score (nSPS) is 11.8. The maximum absolute atomic E-state index is 12.1. The SMILES string of the molecule is CNCc1cn[nH]c1-c1ccc(SCC(F)(F)F)cc1. The molecule has 0 unspecified atom stereocenters. The van der Waals surface area contributed by atoms with Crippen molar-refractivity contribution in [1.29, 1.82) is 0 Å². The van der Waals surface area contributed by atoms with E-state index >= 15 is 0 Å². The number of aromatic amines is 1. The molecule has 2 rings (SSSR count). The van der Waals surface area contributed by atoms with Gasteiger partial charge < -0.3 is 5.32 Å². The topological polar surface area (TPSA) is 40.7 Å². The van der Waals surface area contributed by atoms with Crippen molar-refractivity contribution in [2.45, 2.75) is 17.6 Å². The van der Waals surface area contributed by atoms with Crippen LogP contribution in [0.25, 0.3) is 11.3 Å². The molecule has 1 aromatic heterocycles. The maximum Gasteiger partial charge on any atom is 0.398 e. The number of hydrogen-bond donors (Lipinski definition) is 2. The van der Waals surface area contributed by atoms with Crippen molar-refractivity contribution in [2.75, 3.05) is 12.8 Å². The van der Waals surface area contributed by atoms with Gasteiger partial charge in [-0.25, -0.2) is 0 Å². The third kappa shape index (κ3) is 4.01. The van der Waals surface area contributed by atoms with Crippen LogP contribution in [0.2, 0.25) is 0 Å². The lowest BCUT2D eigenvalue weighted by atomic mass is 10.1. The van der Waals surface area contributed by atoms with Crippen LogP contribution in [0.5, 0.6) is 0 Å². The zero-order valence-electron chi connectivity index (χ0n) is 10.8. The van der Waals surface area contributed by atoms with E-state index in [9.17, 15) is 13.2 Å². The van der Waals surface area contributed by atoms with Crippen molar-refractivity contribution >= 4 is 11.8 Å². The lowest BCUT2D eigenvalue weighted by Gasteiger charge is -2.07. The van der Waals surface area contributed by atoms with Crippen molar-refractivity contribution in [3.63, 3.8) is 0 Å². The van der Waals surface area contributed by atoms with Gasteiger partial charge in [-0.2, -0.15) is 18.3 Å². The van der Waals surface area contributed by atoms with E-state index in [2.05, 4.69) is 15.5 Å². The van der Waals surface area contributed by atoms with Crippen LogP contribution >= 0.6 is 11.8 Å². The predicted molar refractivity (Wildman–Crippen MR) is 73.6 cm³/mol. The summed E-state index contributed by atoms with van der Waals surface area (Å²) in [5.74, 6) is -0.874. The zero-order chi connectivity index (χ0) is 14.6. The van der Waals surface area contributed by atoms with Gasteiger partial charge in [0.05, 0.1) is 17.6 Å². The summed E-state index contributed by atoms with van der Waals surface area (Å²) in [4.78, 5) is 0.598. The molecule has 20 heavy (non-hydrogen) atoms. The molecule has 0 bridgehead atoms. The first-order valence-corrected chi connectivity index (χ1v) is 6.95. The maximum atomic E-state index is 12.1. The van der Waals surface area contributed by atoms with Crippen molar-refractivity contribution < 1.29 is 13.2 Å². The van der Waals surface area contributed by atoms with E-state index in [1.54, 1.807) is 30.5 Å². The number of nitrogens with zero attached hydrogens (tertiary/aromatic N) is 1. The predicted octanol–water partition coefficient (Wildman–Crippen LogP) is 3.45. The Morgan fingerprint density at radius 2 is 1.95 bits per heavy atom. The molecule has 2 aromatic rings. The Morgan fingerprint density at radius 3 is 2.55 bits per heavy atom. The fourth-order valence-corrected chi connectivity index (χ4v) is 2.43. The number of H-pyrrole nitrogens is 1. The van der Waals surface area contributed by atoms with E-state index in [1.165, 1.54) is 0 Å². The second-order valence-corrected chi connectivity index (χ2v) is 5.28. The quantitative estimate of drug-likeness (QED) is 0.831. The Morgan fingerprint density at radius 1 is 1.25 bits per heavy atom. The Kier molecular flexibility index (Phi) is 4.72. The Hall–Kier alpha value is -1.47. The molecule has 0 aliphatic rings. The highest BCUT2D eigenvalue weighted by Gasteiger charge is 2.27. The number of nitrogens with one attached hydrogen (secondary N) is 2. The average molecular weight is 301 g/mol. The van der Waals surface area contributed by atoms with Crippen molar-refractivity contribution in [1.82, 2.24) is 15.5 Å². The molecule has 7 heteroatoms. The van der Waals surface area contributed by atoms with Crippen LogP contribution in [0, 0.1) is 0 Å². The minimum atomic E-state index is -4.15. The van der Waals surface area contributed by atoms with Crippen LogP contribution < -0.4 is 5.32 Å². The smallest absolute Gasteiger partial charge is 0.316 e. The van der Waals surface area contributed by atoms with Crippen molar-refractivity contribution in [2.24, 2.45) is 0 Å². The number of halogens is 3.